The Hall–Kier alpha value is -1.20. The summed E-state index contributed by atoms with van der Waals surface area (Å²) in [6.45, 7) is 8.88. The zero-order chi connectivity index (χ0) is 21.5. The molecule has 2 unspecified atom stereocenters. The van der Waals surface area contributed by atoms with Crippen LogP contribution in [0.1, 0.15) is 71.6 Å². The Kier molecular flexibility index (Phi) is 7.68. The van der Waals surface area contributed by atoms with Crippen LogP contribution in [0.2, 0.25) is 0 Å². The smallest absolute Gasteiger partial charge is 0.0811 e. The fourth-order valence-electron chi connectivity index (χ4n) is 6.63. The molecular formula is C27H42O4. The van der Waals surface area contributed by atoms with Crippen LogP contribution in [0.15, 0.2) is 47.6 Å². The van der Waals surface area contributed by atoms with E-state index in [-0.39, 0.29) is 11.6 Å². The van der Waals surface area contributed by atoms with Crippen LogP contribution in [0, 0.1) is 29.1 Å². The van der Waals surface area contributed by atoms with E-state index in [9.17, 15) is 15.3 Å². The molecular weight excluding hydrogens is 388 g/mol. The normalized spacial score (nSPS) is 40.7. The van der Waals surface area contributed by atoms with E-state index in [1.165, 1.54) is 44.1 Å². The zero-order valence-corrected chi connectivity index (χ0v) is 19.3. The molecule has 7 atom stereocenters. The van der Waals surface area contributed by atoms with Crippen LogP contribution < -0.4 is 0 Å². The summed E-state index contributed by atoms with van der Waals surface area (Å²) in [5.41, 5.74) is 3.63. The van der Waals surface area contributed by atoms with E-state index in [4.69, 9.17) is 0 Å². The van der Waals surface area contributed by atoms with Crippen molar-refractivity contribution in [3.63, 3.8) is 0 Å². The highest BCUT2D eigenvalue weighted by Crippen LogP contribution is 2.59. The van der Waals surface area contributed by atoms with Crippen LogP contribution in [-0.4, -0.2) is 39.1 Å². The maximum absolute atomic E-state index is 10.2. The van der Waals surface area contributed by atoms with Gasteiger partial charge in [0.15, 0.2) is 0 Å². The van der Waals surface area contributed by atoms with Crippen molar-refractivity contribution in [3.05, 3.63) is 47.6 Å². The number of fused-ring (bicyclic) bond motifs is 1. The first-order chi connectivity index (χ1) is 14.3. The molecule has 5 N–H and O–H groups in total. The van der Waals surface area contributed by atoms with Crippen molar-refractivity contribution in [2.24, 2.45) is 29.1 Å². The number of hydrogen-bond donors (Lipinski definition) is 3. The standard InChI is InChI=1S/C27H40O3.H2O/c1-17(6-13-25(29)20-8-9-20)23-11-12-24-19(5-4-14-27(23,24)3)7-10-21-15-22(28)16-26(30)18(21)2;/h6-7,10,13,17,20,22-26,28-30H,2,4-5,8-9,11-12,14-16H2,1,3H3;1H2/b13-6+,19-7+,21-10-;/t17-,22-,23?,24?,25-,26+,27-;/m1./s1. The van der Waals surface area contributed by atoms with E-state index in [2.05, 4.69) is 44.7 Å². The minimum Gasteiger partial charge on any atom is -0.412 e. The highest BCUT2D eigenvalue weighted by molar-refractivity contribution is 5.38. The van der Waals surface area contributed by atoms with Gasteiger partial charge in [0, 0.05) is 6.42 Å². The summed E-state index contributed by atoms with van der Waals surface area (Å²) in [5.74, 6) is 2.28. The highest BCUT2D eigenvalue weighted by Gasteiger charge is 2.50. The van der Waals surface area contributed by atoms with Crippen LogP contribution in [-0.2, 0) is 0 Å². The van der Waals surface area contributed by atoms with Gasteiger partial charge in [-0.05, 0) is 91.6 Å². The summed E-state index contributed by atoms with van der Waals surface area (Å²) in [6.07, 6.45) is 16.9. The first-order valence-electron chi connectivity index (χ1n) is 12.1. The van der Waals surface area contributed by atoms with Crippen molar-refractivity contribution in [1.82, 2.24) is 0 Å². The lowest BCUT2D eigenvalue weighted by Crippen LogP contribution is -2.35. The Balaban J connectivity index is 0.00000272. The van der Waals surface area contributed by atoms with Crippen LogP contribution in [0.4, 0.5) is 0 Å². The number of aliphatic hydroxyl groups excluding tert-OH is 3. The van der Waals surface area contributed by atoms with Gasteiger partial charge in [0.25, 0.3) is 0 Å². The predicted molar refractivity (Wildman–Crippen MR) is 125 cm³/mol. The van der Waals surface area contributed by atoms with E-state index in [0.717, 1.165) is 17.6 Å². The average molecular weight is 431 g/mol. The third-order valence-corrected chi connectivity index (χ3v) is 8.65. The fraction of sp³-hybridized carbons (Fsp3) is 0.704. The molecule has 4 nitrogen and oxygen atoms in total. The molecule has 0 aromatic heterocycles. The number of hydrogen-bond acceptors (Lipinski definition) is 3. The summed E-state index contributed by atoms with van der Waals surface area (Å²) in [6, 6.07) is 0. The molecule has 0 aliphatic heterocycles. The molecule has 31 heavy (non-hydrogen) atoms. The minimum absolute atomic E-state index is 0. The van der Waals surface area contributed by atoms with Gasteiger partial charge in [-0.2, -0.15) is 0 Å². The second kappa shape index (κ2) is 9.74. The molecule has 0 spiro atoms. The van der Waals surface area contributed by atoms with Crippen molar-refractivity contribution in [1.29, 1.82) is 0 Å². The van der Waals surface area contributed by atoms with Crippen molar-refractivity contribution in [3.8, 4) is 0 Å². The average Bonchev–Trinajstić information content (AvgIpc) is 3.49. The molecule has 0 amide bonds. The lowest BCUT2D eigenvalue weighted by Gasteiger charge is -2.44. The number of rotatable bonds is 5. The molecule has 0 aromatic carbocycles. The summed E-state index contributed by atoms with van der Waals surface area (Å²) in [5, 5.41) is 30.4. The van der Waals surface area contributed by atoms with Gasteiger partial charge in [-0.15, -0.1) is 0 Å². The Morgan fingerprint density at radius 3 is 2.55 bits per heavy atom. The molecule has 0 aromatic rings. The lowest BCUT2D eigenvalue weighted by atomic mass is 9.61. The summed E-state index contributed by atoms with van der Waals surface area (Å²) < 4.78 is 0. The monoisotopic (exact) mass is 430 g/mol. The van der Waals surface area contributed by atoms with Gasteiger partial charge < -0.3 is 20.8 Å². The van der Waals surface area contributed by atoms with Gasteiger partial charge in [-0.3, -0.25) is 0 Å². The molecule has 0 heterocycles. The zero-order valence-electron chi connectivity index (χ0n) is 19.3. The molecule has 4 fully saturated rings. The number of aliphatic hydroxyl groups is 3. The second-order valence-electron chi connectivity index (χ2n) is 10.7. The second-order valence-corrected chi connectivity index (χ2v) is 10.7. The maximum atomic E-state index is 10.2. The summed E-state index contributed by atoms with van der Waals surface area (Å²) in [4.78, 5) is 0. The van der Waals surface area contributed by atoms with Crippen LogP contribution in [0.25, 0.3) is 0 Å². The topological polar surface area (TPSA) is 92.2 Å². The van der Waals surface area contributed by atoms with E-state index >= 15 is 0 Å². The Labute approximate surface area is 187 Å². The van der Waals surface area contributed by atoms with Gasteiger partial charge in [-0.25, -0.2) is 0 Å². The van der Waals surface area contributed by atoms with E-state index < -0.39 is 12.2 Å². The van der Waals surface area contributed by atoms with Gasteiger partial charge >= 0.3 is 0 Å². The quantitative estimate of drug-likeness (QED) is 0.569. The van der Waals surface area contributed by atoms with E-state index in [1.807, 2.05) is 0 Å². The Morgan fingerprint density at radius 1 is 1.10 bits per heavy atom. The fourth-order valence-corrected chi connectivity index (χ4v) is 6.63. The van der Waals surface area contributed by atoms with Gasteiger partial charge in [0.05, 0.1) is 18.3 Å². The maximum Gasteiger partial charge on any atom is 0.0811 e. The van der Waals surface area contributed by atoms with Gasteiger partial charge in [-0.1, -0.05) is 50.3 Å². The van der Waals surface area contributed by atoms with E-state index in [1.54, 1.807) is 0 Å². The molecule has 4 heteroatoms. The lowest BCUT2D eigenvalue weighted by molar-refractivity contribution is 0.0862. The minimum atomic E-state index is -0.621. The van der Waals surface area contributed by atoms with Crippen LogP contribution in [0.3, 0.4) is 0 Å². The van der Waals surface area contributed by atoms with Crippen molar-refractivity contribution < 1.29 is 20.8 Å². The van der Waals surface area contributed by atoms with Gasteiger partial charge in [0.2, 0.25) is 0 Å². The molecule has 4 aliphatic carbocycles. The van der Waals surface area contributed by atoms with Crippen LogP contribution in [0.5, 0.6) is 0 Å². The highest BCUT2D eigenvalue weighted by atomic mass is 16.3. The largest absolute Gasteiger partial charge is 0.412 e. The van der Waals surface area contributed by atoms with Crippen molar-refractivity contribution in [2.75, 3.05) is 0 Å². The molecule has 4 rings (SSSR count). The predicted octanol–water partition coefficient (Wildman–Crippen LogP) is 4.27. The van der Waals surface area contributed by atoms with E-state index in [0.29, 0.717) is 41.9 Å². The molecule has 0 saturated heterocycles. The summed E-state index contributed by atoms with van der Waals surface area (Å²) >= 11 is 0. The molecule has 0 bridgehead atoms. The molecule has 174 valence electrons. The van der Waals surface area contributed by atoms with Crippen LogP contribution >= 0.6 is 0 Å². The SMILES string of the molecule is C=C1/C(=C\C=C2/CCC[C@@]3(C)C2CCC3[C@H](C)/C=C/[C@@H](O)C2CC2)C[C@@H](O)C[C@@H]1O.O. The van der Waals surface area contributed by atoms with Crippen molar-refractivity contribution in [2.45, 2.75) is 89.9 Å². The molecule has 4 saturated carbocycles. The number of allylic oxidation sites excluding steroid dienone is 4. The third kappa shape index (κ3) is 5.08. The third-order valence-electron chi connectivity index (χ3n) is 8.65. The Bertz CT molecular complexity index is 746. The molecule has 4 aliphatic rings. The first kappa shape index (κ1) is 24.4. The van der Waals surface area contributed by atoms with Gasteiger partial charge in [0.1, 0.15) is 0 Å². The van der Waals surface area contributed by atoms with Crippen molar-refractivity contribution >= 4 is 0 Å². The molecule has 0 radical (unpaired) electrons. The Morgan fingerprint density at radius 2 is 1.84 bits per heavy atom. The summed E-state index contributed by atoms with van der Waals surface area (Å²) in [7, 11) is 0. The first-order valence-corrected chi connectivity index (χ1v) is 12.1.